The Morgan fingerprint density at radius 3 is 2.53 bits per heavy atom. The minimum Gasteiger partial charge on any atom is -0.496 e. The Hall–Kier alpha value is -1.17. The van der Waals surface area contributed by atoms with Gasteiger partial charge in [0.15, 0.2) is 0 Å². The van der Waals surface area contributed by atoms with E-state index >= 15 is 0 Å². The van der Waals surface area contributed by atoms with Crippen molar-refractivity contribution < 1.29 is 18.7 Å². The summed E-state index contributed by atoms with van der Waals surface area (Å²) in [5.41, 5.74) is 0.750. The molecular weight excluding hydrogens is 201 g/mol. The van der Waals surface area contributed by atoms with E-state index in [-0.39, 0.29) is 13.2 Å². The topological polar surface area (TPSA) is 53.7 Å². The van der Waals surface area contributed by atoms with Crippen LogP contribution in [-0.2, 0) is 22.8 Å². The molecule has 0 saturated carbocycles. The Morgan fingerprint density at radius 2 is 2.00 bits per heavy atom. The van der Waals surface area contributed by atoms with E-state index in [2.05, 4.69) is 4.84 Å². The molecule has 2 N–H and O–H groups in total. The highest BCUT2D eigenvalue weighted by molar-refractivity contribution is 5.38. The van der Waals surface area contributed by atoms with Gasteiger partial charge in [-0.15, -0.1) is 0 Å². The summed E-state index contributed by atoms with van der Waals surface area (Å²) < 4.78 is 23.7. The molecule has 0 aliphatic heterocycles. The molecule has 5 heteroatoms. The second-order valence-electron chi connectivity index (χ2n) is 2.96. The van der Waals surface area contributed by atoms with Crippen molar-refractivity contribution in [3.63, 3.8) is 0 Å². The van der Waals surface area contributed by atoms with Gasteiger partial charge in [0.1, 0.15) is 11.6 Å². The first kappa shape index (κ1) is 11.9. The van der Waals surface area contributed by atoms with Crippen molar-refractivity contribution in [1.29, 1.82) is 0 Å². The molecule has 0 unspecified atom stereocenters. The molecule has 0 radical (unpaired) electrons. The Labute approximate surface area is 87.7 Å². The fraction of sp³-hybridized carbons (Fsp3) is 0.400. The Kier molecular flexibility index (Phi) is 4.48. The highest BCUT2D eigenvalue weighted by atomic mass is 19.1. The van der Waals surface area contributed by atoms with Gasteiger partial charge in [-0.05, 0) is 6.07 Å². The van der Waals surface area contributed by atoms with Crippen LogP contribution in [0.25, 0.3) is 0 Å². The maximum absolute atomic E-state index is 13.8. The summed E-state index contributed by atoms with van der Waals surface area (Å²) in [7, 11) is 2.97. The third-order valence-corrected chi connectivity index (χ3v) is 2.03. The van der Waals surface area contributed by atoms with Crippen LogP contribution in [0.3, 0.4) is 0 Å². The lowest BCUT2D eigenvalue weighted by Crippen LogP contribution is -2.06. The molecule has 0 amide bonds. The average molecular weight is 215 g/mol. The van der Waals surface area contributed by atoms with Crippen molar-refractivity contribution in [2.75, 3.05) is 14.2 Å². The van der Waals surface area contributed by atoms with E-state index in [1.54, 1.807) is 12.1 Å². The molecule has 0 atom stereocenters. The number of rotatable bonds is 5. The van der Waals surface area contributed by atoms with Gasteiger partial charge in [-0.25, -0.2) is 10.3 Å². The summed E-state index contributed by atoms with van der Waals surface area (Å²) in [5, 5.41) is 0. The van der Waals surface area contributed by atoms with Crippen LogP contribution in [-0.4, -0.2) is 14.2 Å². The molecule has 84 valence electrons. The molecule has 0 saturated heterocycles. The van der Waals surface area contributed by atoms with E-state index in [1.807, 2.05) is 0 Å². The molecule has 1 aromatic carbocycles. The summed E-state index contributed by atoms with van der Waals surface area (Å²) >= 11 is 0. The van der Waals surface area contributed by atoms with E-state index < -0.39 is 5.82 Å². The lowest BCUT2D eigenvalue weighted by molar-refractivity contribution is 0.118. The van der Waals surface area contributed by atoms with E-state index in [0.29, 0.717) is 16.9 Å². The highest BCUT2D eigenvalue weighted by Crippen LogP contribution is 2.25. The van der Waals surface area contributed by atoms with Crippen molar-refractivity contribution >= 4 is 0 Å². The van der Waals surface area contributed by atoms with Crippen LogP contribution in [0.1, 0.15) is 11.1 Å². The van der Waals surface area contributed by atoms with Crippen LogP contribution in [0, 0.1) is 5.82 Å². The van der Waals surface area contributed by atoms with Gasteiger partial charge in [-0.3, -0.25) is 4.84 Å². The van der Waals surface area contributed by atoms with Crippen molar-refractivity contribution in [3.8, 4) is 5.75 Å². The highest BCUT2D eigenvalue weighted by Gasteiger charge is 2.13. The van der Waals surface area contributed by atoms with Gasteiger partial charge in [0.25, 0.3) is 0 Å². The summed E-state index contributed by atoms with van der Waals surface area (Å²) in [6, 6.07) is 3.27. The van der Waals surface area contributed by atoms with Crippen LogP contribution < -0.4 is 10.6 Å². The van der Waals surface area contributed by atoms with Crippen LogP contribution in [0.4, 0.5) is 4.39 Å². The third-order valence-electron chi connectivity index (χ3n) is 2.03. The number of nitrogens with two attached hydrogens (primary N) is 1. The van der Waals surface area contributed by atoms with E-state index in [0.717, 1.165) is 0 Å². The molecule has 0 spiro atoms. The second-order valence-corrected chi connectivity index (χ2v) is 2.96. The molecule has 1 rings (SSSR count). The predicted octanol–water partition coefficient (Wildman–Crippen LogP) is 1.37. The smallest absolute Gasteiger partial charge is 0.138 e. The summed E-state index contributed by atoms with van der Waals surface area (Å²) in [6.07, 6.45) is 0. The number of halogens is 1. The maximum atomic E-state index is 13.8. The molecule has 0 fully saturated rings. The molecule has 4 nitrogen and oxygen atoms in total. The number of hydrogen-bond donors (Lipinski definition) is 1. The van der Waals surface area contributed by atoms with Gasteiger partial charge in [-0.1, -0.05) is 6.07 Å². The monoisotopic (exact) mass is 215 g/mol. The van der Waals surface area contributed by atoms with Gasteiger partial charge >= 0.3 is 0 Å². The van der Waals surface area contributed by atoms with E-state index in [4.69, 9.17) is 15.4 Å². The van der Waals surface area contributed by atoms with Crippen molar-refractivity contribution in [3.05, 3.63) is 29.1 Å². The minimum absolute atomic E-state index is 0.0352. The molecule has 15 heavy (non-hydrogen) atoms. The average Bonchev–Trinajstić information content (AvgIpc) is 2.25. The Morgan fingerprint density at radius 1 is 1.27 bits per heavy atom. The quantitative estimate of drug-likeness (QED) is 0.754. The minimum atomic E-state index is -0.401. The number of methoxy groups -OCH3 is 2. The van der Waals surface area contributed by atoms with Gasteiger partial charge < -0.3 is 9.47 Å². The molecule has 0 heterocycles. The first-order valence-electron chi connectivity index (χ1n) is 4.39. The molecule has 0 aliphatic rings. The SMILES string of the molecule is COCc1ccc(OC)c(CON)c1F. The van der Waals surface area contributed by atoms with E-state index in [1.165, 1.54) is 14.2 Å². The van der Waals surface area contributed by atoms with Crippen molar-refractivity contribution in [1.82, 2.24) is 0 Å². The Balaban J connectivity index is 3.10. The van der Waals surface area contributed by atoms with E-state index in [9.17, 15) is 4.39 Å². The Bertz CT molecular complexity index is 331. The zero-order valence-electron chi connectivity index (χ0n) is 8.75. The molecule has 0 bridgehead atoms. The zero-order chi connectivity index (χ0) is 11.3. The number of benzene rings is 1. The summed E-state index contributed by atoms with van der Waals surface area (Å²) in [6.45, 7) is 0.167. The first-order valence-corrected chi connectivity index (χ1v) is 4.39. The van der Waals surface area contributed by atoms with Gasteiger partial charge in [-0.2, -0.15) is 0 Å². The predicted molar refractivity (Wildman–Crippen MR) is 52.6 cm³/mol. The molecule has 0 aliphatic carbocycles. The van der Waals surface area contributed by atoms with Crippen molar-refractivity contribution in [2.45, 2.75) is 13.2 Å². The zero-order valence-corrected chi connectivity index (χ0v) is 8.75. The fourth-order valence-corrected chi connectivity index (χ4v) is 1.33. The molecule has 1 aromatic rings. The maximum Gasteiger partial charge on any atom is 0.138 e. The lowest BCUT2D eigenvalue weighted by Gasteiger charge is -2.11. The van der Waals surface area contributed by atoms with Gasteiger partial charge in [0.05, 0.1) is 25.9 Å². The normalized spacial score (nSPS) is 10.4. The van der Waals surface area contributed by atoms with Crippen LogP contribution in [0.15, 0.2) is 12.1 Å². The molecular formula is C10H14FNO3. The summed E-state index contributed by atoms with van der Waals surface area (Å²) in [5.74, 6) is 4.94. The number of hydrogen-bond acceptors (Lipinski definition) is 4. The fourth-order valence-electron chi connectivity index (χ4n) is 1.33. The lowest BCUT2D eigenvalue weighted by atomic mass is 10.1. The van der Waals surface area contributed by atoms with Crippen LogP contribution in [0.5, 0.6) is 5.75 Å². The standard InChI is InChI=1S/C10H14FNO3/c1-13-5-7-3-4-9(14-2)8(6-15-12)10(7)11/h3-4H,5-6,12H2,1-2H3. The number of ether oxygens (including phenoxy) is 2. The third kappa shape index (κ3) is 2.65. The largest absolute Gasteiger partial charge is 0.496 e. The first-order chi connectivity index (χ1) is 7.24. The van der Waals surface area contributed by atoms with Crippen LogP contribution >= 0.6 is 0 Å². The summed E-state index contributed by atoms with van der Waals surface area (Å²) in [4.78, 5) is 4.42. The van der Waals surface area contributed by atoms with Crippen molar-refractivity contribution in [2.24, 2.45) is 5.90 Å². The molecule has 0 aromatic heterocycles. The van der Waals surface area contributed by atoms with Gasteiger partial charge in [0.2, 0.25) is 0 Å². The van der Waals surface area contributed by atoms with Crippen LogP contribution in [0.2, 0.25) is 0 Å². The second kappa shape index (κ2) is 5.65. The van der Waals surface area contributed by atoms with Gasteiger partial charge in [0, 0.05) is 12.7 Å².